The van der Waals surface area contributed by atoms with Crippen molar-refractivity contribution in [2.45, 2.75) is 33.7 Å². The van der Waals surface area contributed by atoms with Crippen molar-refractivity contribution in [3.8, 4) is 0 Å². The van der Waals surface area contributed by atoms with Crippen molar-refractivity contribution in [1.29, 1.82) is 0 Å². The lowest BCUT2D eigenvalue weighted by Gasteiger charge is -2.28. The average Bonchev–Trinajstić information content (AvgIpc) is 2.19. The minimum atomic E-state index is -2.40. The lowest BCUT2D eigenvalue weighted by molar-refractivity contribution is 0.0714. The maximum absolute atomic E-state index is 5.71. The minimum absolute atomic E-state index is 0.651. The third kappa shape index (κ3) is 6.27. The van der Waals surface area contributed by atoms with Crippen LogP contribution in [0.15, 0.2) is 0 Å². The summed E-state index contributed by atoms with van der Waals surface area (Å²) in [5, 5.41) is 3.27. The molecule has 0 spiro atoms. The molecule has 0 bridgehead atoms. The summed E-state index contributed by atoms with van der Waals surface area (Å²) >= 11 is 0. The average molecular weight is 235 g/mol. The Morgan fingerprint density at radius 1 is 0.867 bits per heavy atom. The predicted octanol–water partition coefficient (Wildman–Crippen LogP) is 1.64. The highest BCUT2D eigenvalue weighted by Gasteiger charge is 2.39. The Balaban J connectivity index is 4.18. The van der Waals surface area contributed by atoms with E-state index in [2.05, 4.69) is 12.2 Å². The monoisotopic (exact) mass is 235 g/mol. The fourth-order valence-corrected chi connectivity index (χ4v) is 3.90. The zero-order valence-electron chi connectivity index (χ0n) is 10.5. The van der Waals surface area contributed by atoms with E-state index >= 15 is 0 Å². The fourth-order valence-electron chi connectivity index (χ4n) is 1.42. The van der Waals surface area contributed by atoms with Crippen LogP contribution in [-0.4, -0.2) is 41.7 Å². The van der Waals surface area contributed by atoms with Crippen LogP contribution in [-0.2, 0) is 13.3 Å². The van der Waals surface area contributed by atoms with Gasteiger partial charge in [0.05, 0.1) is 0 Å². The van der Waals surface area contributed by atoms with Gasteiger partial charge in [-0.05, 0) is 33.9 Å². The van der Waals surface area contributed by atoms with Crippen LogP contribution in [0.3, 0.4) is 0 Å². The molecule has 0 aliphatic heterocycles. The van der Waals surface area contributed by atoms with Gasteiger partial charge < -0.3 is 18.6 Å². The predicted molar refractivity (Wildman–Crippen MR) is 64.0 cm³/mol. The Hall–Kier alpha value is 0.0569. The summed E-state index contributed by atoms with van der Waals surface area (Å²) in [6.45, 7) is 11.8. The molecule has 92 valence electrons. The van der Waals surface area contributed by atoms with Crippen molar-refractivity contribution in [2.24, 2.45) is 0 Å². The largest absolute Gasteiger partial charge is 0.502 e. The molecular formula is C10H25NO3Si. The second-order valence-electron chi connectivity index (χ2n) is 3.09. The summed E-state index contributed by atoms with van der Waals surface area (Å²) in [5.74, 6) is 0. The second kappa shape index (κ2) is 9.29. The summed E-state index contributed by atoms with van der Waals surface area (Å²) in [7, 11) is -2.40. The molecule has 0 saturated heterocycles. The third-order valence-corrected chi connectivity index (χ3v) is 5.00. The smallest absolute Gasteiger partial charge is 0.374 e. The van der Waals surface area contributed by atoms with E-state index in [9.17, 15) is 0 Å². The second-order valence-corrected chi connectivity index (χ2v) is 5.82. The topological polar surface area (TPSA) is 39.7 Å². The molecule has 0 amide bonds. The number of rotatable bonds is 10. The van der Waals surface area contributed by atoms with Gasteiger partial charge in [0, 0.05) is 25.9 Å². The molecule has 0 radical (unpaired) electrons. The van der Waals surface area contributed by atoms with Crippen LogP contribution in [0.2, 0.25) is 6.04 Å². The standard InChI is InChI=1S/C10H25NO3Si/c1-5-11-9-10-15(12-6-2,13-7-3)14-8-4/h11H,5-10H2,1-4H3. The number of hydrogen-bond donors (Lipinski definition) is 1. The first-order valence-electron chi connectivity index (χ1n) is 5.87. The number of nitrogens with one attached hydrogen (secondary N) is 1. The van der Waals surface area contributed by atoms with Crippen LogP contribution in [0, 0.1) is 0 Å². The van der Waals surface area contributed by atoms with Crippen molar-refractivity contribution in [2.75, 3.05) is 32.9 Å². The van der Waals surface area contributed by atoms with Gasteiger partial charge in [-0.15, -0.1) is 0 Å². The minimum Gasteiger partial charge on any atom is -0.374 e. The van der Waals surface area contributed by atoms with Crippen molar-refractivity contribution in [3.05, 3.63) is 0 Å². The van der Waals surface area contributed by atoms with Gasteiger partial charge in [0.15, 0.2) is 0 Å². The van der Waals surface area contributed by atoms with Gasteiger partial charge in [0.25, 0.3) is 0 Å². The molecule has 0 aliphatic carbocycles. The van der Waals surface area contributed by atoms with E-state index in [-0.39, 0.29) is 0 Å². The maximum Gasteiger partial charge on any atom is 0.502 e. The summed E-state index contributed by atoms with van der Waals surface area (Å²) in [6, 6.07) is 0.844. The Bertz CT molecular complexity index is 130. The molecule has 15 heavy (non-hydrogen) atoms. The third-order valence-electron chi connectivity index (χ3n) is 1.95. The van der Waals surface area contributed by atoms with Crippen LogP contribution in [0.25, 0.3) is 0 Å². The lowest BCUT2D eigenvalue weighted by Crippen LogP contribution is -2.47. The quantitative estimate of drug-likeness (QED) is 0.462. The van der Waals surface area contributed by atoms with E-state index in [4.69, 9.17) is 13.3 Å². The van der Waals surface area contributed by atoms with Crippen molar-refractivity contribution >= 4 is 8.80 Å². The van der Waals surface area contributed by atoms with E-state index in [1.165, 1.54) is 0 Å². The van der Waals surface area contributed by atoms with Crippen molar-refractivity contribution < 1.29 is 13.3 Å². The lowest BCUT2D eigenvalue weighted by atomic mass is 10.7. The first kappa shape index (κ1) is 15.1. The van der Waals surface area contributed by atoms with Crippen molar-refractivity contribution in [1.82, 2.24) is 5.32 Å². The SMILES string of the molecule is CCNCC[Si](OCC)(OCC)OCC. The molecule has 0 aromatic heterocycles. The van der Waals surface area contributed by atoms with Gasteiger partial charge in [-0.25, -0.2) is 0 Å². The Morgan fingerprint density at radius 2 is 1.33 bits per heavy atom. The van der Waals surface area contributed by atoms with Gasteiger partial charge in [0.1, 0.15) is 0 Å². The highest BCUT2D eigenvalue weighted by molar-refractivity contribution is 6.60. The molecule has 0 aromatic carbocycles. The Morgan fingerprint density at radius 3 is 1.67 bits per heavy atom. The van der Waals surface area contributed by atoms with Gasteiger partial charge in [-0.3, -0.25) is 0 Å². The molecule has 5 heteroatoms. The van der Waals surface area contributed by atoms with E-state index in [0.29, 0.717) is 19.8 Å². The van der Waals surface area contributed by atoms with Crippen LogP contribution in [0.5, 0.6) is 0 Å². The summed E-state index contributed by atoms with van der Waals surface area (Å²) in [5.41, 5.74) is 0. The molecule has 0 unspecified atom stereocenters. The van der Waals surface area contributed by atoms with Crippen LogP contribution in [0.4, 0.5) is 0 Å². The van der Waals surface area contributed by atoms with E-state index in [1.807, 2.05) is 20.8 Å². The highest BCUT2D eigenvalue weighted by Crippen LogP contribution is 2.14. The molecule has 0 atom stereocenters. The van der Waals surface area contributed by atoms with Crippen molar-refractivity contribution in [3.63, 3.8) is 0 Å². The molecule has 0 fully saturated rings. The molecule has 0 aliphatic rings. The van der Waals surface area contributed by atoms with Gasteiger partial charge in [-0.2, -0.15) is 0 Å². The molecule has 1 N–H and O–H groups in total. The zero-order valence-corrected chi connectivity index (χ0v) is 11.5. The Labute approximate surface area is 94.7 Å². The first-order chi connectivity index (χ1) is 7.24. The molecule has 0 heterocycles. The van der Waals surface area contributed by atoms with E-state index in [0.717, 1.165) is 19.1 Å². The molecule has 0 aromatic rings. The fraction of sp³-hybridized carbons (Fsp3) is 1.00. The Kier molecular flexibility index (Phi) is 9.33. The van der Waals surface area contributed by atoms with Gasteiger partial charge in [0.2, 0.25) is 0 Å². The van der Waals surface area contributed by atoms with Crippen LogP contribution in [0.1, 0.15) is 27.7 Å². The van der Waals surface area contributed by atoms with E-state index < -0.39 is 8.80 Å². The van der Waals surface area contributed by atoms with Crippen LogP contribution >= 0.6 is 0 Å². The number of hydrogen-bond acceptors (Lipinski definition) is 4. The van der Waals surface area contributed by atoms with Crippen LogP contribution < -0.4 is 5.32 Å². The van der Waals surface area contributed by atoms with E-state index in [1.54, 1.807) is 0 Å². The summed E-state index contributed by atoms with van der Waals surface area (Å²) < 4.78 is 17.1. The van der Waals surface area contributed by atoms with Gasteiger partial charge >= 0.3 is 8.80 Å². The summed E-state index contributed by atoms with van der Waals surface area (Å²) in [4.78, 5) is 0. The first-order valence-corrected chi connectivity index (χ1v) is 7.80. The molecule has 4 nitrogen and oxygen atoms in total. The molecular weight excluding hydrogens is 210 g/mol. The summed E-state index contributed by atoms with van der Waals surface area (Å²) in [6.07, 6.45) is 0. The molecule has 0 saturated carbocycles. The normalized spacial score (nSPS) is 12.0. The highest BCUT2D eigenvalue weighted by atomic mass is 28.4. The van der Waals surface area contributed by atoms with Gasteiger partial charge in [-0.1, -0.05) is 6.92 Å². The zero-order chi connectivity index (χ0) is 11.6. The maximum atomic E-state index is 5.71. The molecule has 0 rings (SSSR count).